The topological polar surface area (TPSA) is 77.1 Å². The molecule has 6 nitrogen and oxygen atoms in total. The van der Waals surface area contributed by atoms with Crippen molar-refractivity contribution in [2.75, 3.05) is 6.54 Å². The van der Waals surface area contributed by atoms with E-state index in [0.717, 1.165) is 41.5 Å². The van der Waals surface area contributed by atoms with Crippen molar-refractivity contribution in [2.24, 2.45) is 5.92 Å². The first kappa shape index (κ1) is 20.3. The molecule has 0 aliphatic heterocycles. The lowest BCUT2D eigenvalue weighted by Crippen LogP contribution is -2.34. The Bertz CT molecular complexity index is 1330. The molecule has 0 radical (unpaired) electrons. The zero-order chi connectivity index (χ0) is 21.5. The molecule has 31 heavy (non-hydrogen) atoms. The number of halogens is 1. The third kappa shape index (κ3) is 3.55. The summed E-state index contributed by atoms with van der Waals surface area (Å²) in [6, 6.07) is 9.32. The predicted molar refractivity (Wildman–Crippen MR) is 123 cm³/mol. The van der Waals surface area contributed by atoms with Crippen LogP contribution in [0.5, 0.6) is 0 Å². The minimum atomic E-state index is -0.0863. The number of nitrogens with one attached hydrogen (secondary N) is 1. The van der Waals surface area contributed by atoms with Crippen LogP contribution in [0.4, 0.5) is 0 Å². The summed E-state index contributed by atoms with van der Waals surface area (Å²) in [4.78, 5) is 26.6. The maximum Gasteiger partial charge on any atom is 0.264 e. The van der Waals surface area contributed by atoms with Gasteiger partial charge in [0.2, 0.25) is 0 Å². The lowest BCUT2D eigenvalue weighted by atomic mass is 9.85. The molecule has 1 aromatic carbocycles. The molecule has 160 valence electrons. The fourth-order valence-electron chi connectivity index (χ4n) is 4.74. The van der Waals surface area contributed by atoms with Crippen LogP contribution in [0.3, 0.4) is 0 Å². The number of aryl methyl sites for hydroxylation is 1. The summed E-state index contributed by atoms with van der Waals surface area (Å²) < 4.78 is 7.37. The fraction of sp³-hybridized carbons (Fsp3) is 0.348. The monoisotopic (exact) mass is 455 g/mol. The highest BCUT2D eigenvalue weighted by Gasteiger charge is 2.28. The molecule has 1 N–H and O–H groups in total. The number of carbonyl (C=O) groups excluding carboxylic acids is 1. The molecule has 2 atom stereocenters. The molecule has 0 spiro atoms. The van der Waals surface area contributed by atoms with Gasteiger partial charge in [-0.1, -0.05) is 35.3 Å². The van der Waals surface area contributed by atoms with E-state index in [-0.39, 0.29) is 17.5 Å². The molecule has 8 heteroatoms. The predicted octanol–water partition coefficient (Wildman–Crippen LogP) is 5.33. The lowest BCUT2D eigenvalue weighted by Gasteiger charge is -2.31. The summed E-state index contributed by atoms with van der Waals surface area (Å²) >= 11 is 7.96. The van der Waals surface area contributed by atoms with Gasteiger partial charge < -0.3 is 14.4 Å². The van der Waals surface area contributed by atoms with E-state index in [0.29, 0.717) is 34.1 Å². The number of hydrogen-bond donors (Lipinski definition) is 1. The highest BCUT2D eigenvalue weighted by atomic mass is 35.5. The standard InChI is InChI=1S/C23H22ClN3O3S/c1-13-19-21(30-26-13)20-16(24)7-3-8-17(20)27(23(19)29)15-6-2-5-14(11-15)12-25-22(28)18-9-4-10-31-18/h3-4,7-10,14-15H,2,5-6,11-12H2,1H3,(H,25,28)/t14-,15+/m0/s1. The highest BCUT2D eigenvalue weighted by molar-refractivity contribution is 7.12. The summed E-state index contributed by atoms with van der Waals surface area (Å²) in [6.07, 6.45) is 3.76. The van der Waals surface area contributed by atoms with Crippen LogP contribution in [0, 0.1) is 12.8 Å². The van der Waals surface area contributed by atoms with E-state index < -0.39 is 0 Å². The third-order valence-electron chi connectivity index (χ3n) is 6.19. The van der Waals surface area contributed by atoms with Gasteiger partial charge in [0, 0.05) is 12.6 Å². The number of carbonyl (C=O) groups is 1. The minimum Gasteiger partial charge on any atom is -0.355 e. The molecule has 1 fully saturated rings. The Labute approximate surface area is 187 Å². The Morgan fingerprint density at radius 2 is 2.16 bits per heavy atom. The van der Waals surface area contributed by atoms with Crippen LogP contribution in [0.1, 0.15) is 47.1 Å². The normalized spacial score (nSPS) is 19.2. The molecule has 0 bridgehead atoms. The van der Waals surface area contributed by atoms with E-state index in [9.17, 15) is 9.59 Å². The number of fused-ring (bicyclic) bond motifs is 3. The number of thiophene rings is 1. The van der Waals surface area contributed by atoms with Gasteiger partial charge in [0.05, 0.1) is 26.5 Å². The zero-order valence-corrected chi connectivity index (χ0v) is 18.6. The fourth-order valence-corrected chi connectivity index (χ4v) is 5.63. The van der Waals surface area contributed by atoms with E-state index >= 15 is 0 Å². The Kier molecular flexibility index (Phi) is 5.32. The molecule has 0 saturated heterocycles. The molecule has 3 heterocycles. The summed E-state index contributed by atoms with van der Waals surface area (Å²) in [5.41, 5.74) is 1.72. The maximum atomic E-state index is 13.5. The van der Waals surface area contributed by atoms with Gasteiger partial charge in [0.1, 0.15) is 5.39 Å². The second kappa shape index (κ2) is 8.13. The van der Waals surface area contributed by atoms with Crippen molar-refractivity contribution in [3.63, 3.8) is 0 Å². The van der Waals surface area contributed by atoms with Crippen LogP contribution < -0.4 is 10.9 Å². The van der Waals surface area contributed by atoms with Crippen molar-refractivity contribution in [3.05, 3.63) is 61.7 Å². The van der Waals surface area contributed by atoms with Crippen molar-refractivity contribution < 1.29 is 9.32 Å². The molecule has 1 amide bonds. The van der Waals surface area contributed by atoms with Crippen molar-refractivity contribution in [3.8, 4) is 0 Å². The van der Waals surface area contributed by atoms with E-state index in [1.165, 1.54) is 11.3 Å². The summed E-state index contributed by atoms with van der Waals surface area (Å²) in [6.45, 7) is 2.39. The Hall–Kier alpha value is -2.64. The van der Waals surface area contributed by atoms with Crippen LogP contribution >= 0.6 is 22.9 Å². The van der Waals surface area contributed by atoms with Crippen molar-refractivity contribution in [1.82, 2.24) is 15.0 Å². The van der Waals surface area contributed by atoms with Gasteiger partial charge in [-0.15, -0.1) is 11.3 Å². The molecule has 3 aromatic heterocycles. The van der Waals surface area contributed by atoms with Crippen molar-refractivity contribution in [2.45, 2.75) is 38.6 Å². The minimum absolute atomic E-state index is 0.0320. The first-order valence-corrected chi connectivity index (χ1v) is 11.7. The molecule has 4 aromatic rings. The lowest BCUT2D eigenvalue weighted by molar-refractivity contribution is 0.0944. The molecule has 0 unspecified atom stereocenters. The Morgan fingerprint density at radius 1 is 1.29 bits per heavy atom. The summed E-state index contributed by atoms with van der Waals surface area (Å²) in [5.74, 6) is 0.274. The number of hydrogen-bond acceptors (Lipinski definition) is 5. The number of benzene rings is 1. The smallest absolute Gasteiger partial charge is 0.264 e. The number of nitrogens with zero attached hydrogens (tertiary/aromatic N) is 2. The van der Waals surface area contributed by atoms with E-state index in [4.69, 9.17) is 16.1 Å². The van der Waals surface area contributed by atoms with Crippen LogP contribution in [0.2, 0.25) is 5.02 Å². The second-order valence-corrected chi connectivity index (χ2v) is 9.51. The first-order valence-electron chi connectivity index (χ1n) is 10.4. The quantitative estimate of drug-likeness (QED) is 0.451. The van der Waals surface area contributed by atoms with Crippen LogP contribution in [-0.4, -0.2) is 22.2 Å². The molecule has 1 aliphatic rings. The zero-order valence-electron chi connectivity index (χ0n) is 17.1. The summed E-state index contributed by atoms with van der Waals surface area (Å²) in [7, 11) is 0. The summed E-state index contributed by atoms with van der Waals surface area (Å²) in [5, 5.41) is 10.8. The molecule has 1 saturated carbocycles. The average molecular weight is 456 g/mol. The second-order valence-electron chi connectivity index (χ2n) is 8.16. The number of pyridine rings is 1. The van der Waals surface area contributed by atoms with Crippen molar-refractivity contribution >= 4 is 50.7 Å². The number of amides is 1. The van der Waals surface area contributed by atoms with E-state index in [1.54, 1.807) is 13.0 Å². The largest absolute Gasteiger partial charge is 0.355 e. The van der Waals surface area contributed by atoms with Gasteiger partial charge in [-0.25, -0.2) is 0 Å². The van der Waals surface area contributed by atoms with Gasteiger partial charge in [-0.2, -0.15) is 0 Å². The van der Waals surface area contributed by atoms with Crippen LogP contribution in [-0.2, 0) is 0 Å². The van der Waals surface area contributed by atoms with Crippen LogP contribution in [0.25, 0.3) is 21.9 Å². The SMILES string of the molecule is Cc1noc2c1c(=O)n([C@@H]1CCC[C@H](CNC(=O)c3cccs3)C1)c1cccc(Cl)c21. The van der Waals surface area contributed by atoms with Gasteiger partial charge in [0.25, 0.3) is 11.5 Å². The van der Waals surface area contributed by atoms with E-state index in [1.807, 2.05) is 34.2 Å². The average Bonchev–Trinajstić information content (AvgIpc) is 3.43. The molecular formula is C23H22ClN3O3S. The van der Waals surface area contributed by atoms with Gasteiger partial charge in [-0.05, 0) is 55.7 Å². The Balaban J connectivity index is 1.49. The molecule has 5 rings (SSSR count). The Morgan fingerprint density at radius 3 is 2.97 bits per heavy atom. The molecule has 1 aliphatic carbocycles. The third-order valence-corrected chi connectivity index (χ3v) is 7.37. The van der Waals surface area contributed by atoms with Crippen molar-refractivity contribution in [1.29, 1.82) is 0 Å². The number of aromatic nitrogens is 2. The number of rotatable bonds is 4. The molecular weight excluding hydrogens is 434 g/mol. The van der Waals surface area contributed by atoms with Gasteiger partial charge >= 0.3 is 0 Å². The van der Waals surface area contributed by atoms with Gasteiger partial charge in [-0.3, -0.25) is 9.59 Å². The maximum absolute atomic E-state index is 13.5. The van der Waals surface area contributed by atoms with Crippen LogP contribution in [0.15, 0.2) is 45.0 Å². The highest BCUT2D eigenvalue weighted by Crippen LogP contribution is 2.37. The first-order chi connectivity index (χ1) is 15.0. The van der Waals surface area contributed by atoms with Gasteiger partial charge in [0.15, 0.2) is 5.58 Å². The van der Waals surface area contributed by atoms with E-state index in [2.05, 4.69) is 10.5 Å².